The van der Waals surface area contributed by atoms with Gasteiger partial charge in [-0.3, -0.25) is 5.32 Å². The first kappa shape index (κ1) is 11.8. The lowest BCUT2D eigenvalue weighted by Crippen LogP contribution is -2.17. The Bertz CT molecular complexity index is 385. The highest BCUT2D eigenvalue weighted by atomic mass is 16.5. The molecule has 4 heteroatoms. The normalized spacial score (nSPS) is 16.1. The van der Waals surface area contributed by atoms with Gasteiger partial charge in [-0.15, -0.1) is 0 Å². The number of ether oxygens (including phenoxy) is 1. The van der Waals surface area contributed by atoms with Crippen LogP contribution in [0, 0.1) is 5.92 Å². The molecule has 17 heavy (non-hydrogen) atoms. The molecule has 1 unspecified atom stereocenters. The monoisotopic (exact) mass is 234 g/mol. The number of nitrogens with one attached hydrogen (secondary N) is 2. The minimum Gasteiger partial charge on any atom is -0.453 e. The number of carbonyl (C=O) groups is 1. The third kappa shape index (κ3) is 3.37. The standard InChI is InChI=1S/C13H18N2O2/c1-9(10-3-4-10)14-11-5-7-12(8-6-11)15-13(16)17-2/h5-10,14H,3-4H2,1-2H3,(H,15,16). The van der Waals surface area contributed by atoms with E-state index >= 15 is 0 Å². The van der Waals surface area contributed by atoms with E-state index in [0.29, 0.717) is 6.04 Å². The van der Waals surface area contributed by atoms with Crippen LogP contribution in [0.4, 0.5) is 16.2 Å². The van der Waals surface area contributed by atoms with E-state index in [1.54, 1.807) is 0 Å². The summed E-state index contributed by atoms with van der Waals surface area (Å²) in [5.41, 5.74) is 1.82. The van der Waals surface area contributed by atoms with Crippen molar-refractivity contribution < 1.29 is 9.53 Å². The van der Waals surface area contributed by atoms with Gasteiger partial charge >= 0.3 is 6.09 Å². The summed E-state index contributed by atoms with van der Waals surface area (Å²) >= 11 is 0. The zero-order valence-corrected chi connectivity index (χ0v) is 10.2. The van der Waals surface area contributed by atoms with Crippen molar-refractivity contribution in [2.45, 2.75) is 25.8 Å². The van der Waals surface area contributed by atoms with Crippen LogP contribution in [0.25, 0.3) is 0 Å². The van der Waals surface area contributed by atoms with Gasteiger partial charge in [-0.1, -0.05) is 0 Å². The average molecular weight is 234 g/mol. The van der Waals surface area contributed by atoms with Gasteiger partial charge in [0.05, 0.1) is 7.11 Å². The van der Waals surface area contributed by atoms with Gasteiger partial charge in [0.1, 0.15) is 0 Å². The fraction of sp³-hybridized carbons (Fsp3) is 0.462. The topological polar surface area (TPSA) is 50.4 Å². The summed E-state index contributed by atoms with van der Waals surface area (Å²) in [5, 5.41) is 6.07. The molecule has 0 aromatic heterocycles. The maximum Gasteiger partial charge on any atom is 0.411 e. The Morgan fingerprint density at radius 1 is 1.29 bits per heavy atom. The summed E-state index contributed by atoms with van der Waals surface area (Å²) < 4.78 is 4.52. The van der Waals surface area contributed by atoms with Gasteiger partial charge in [0.2, 0.25) is 0 Å². The quantitative estimate of drug-likeness (QED) is 0.841. The summed E-state index contributed by atoms with van der Waals surface area (Å²) in [5.74, 6) is 0.822. The van der Waals surface area contributed by atoms with Gasteiger partial charge in [-0.05, 0) is 49.9 Å². The summed E-state index contributed by atoms with van der Waals surface area (Å²) in [4.78, 5) is 11.0. The molecule has 1 aromatic rings. The van der Waals surface area contributed by atoms with Crippen LogP contribution in [0.5, 0.6) is 0 Å². The number of rotatable bonds is 4. The van der Waals surface area contributed by atoms with E-state index < -0.39 is 6.09 Å². The minimum absolute atomic E-state index is 0.447. The molecular formula is C13H18N2O2. The van der Waals surface area contributed by atoms with Gasteiger partial charge in [-0.2, -0.15) is 0 Å². The van der Waals surface area contributed by atoms with E-state index in [0.717, 1.165) is 17.3 Å². The third-order valence-corrected chi connectivity index (χ3v) is 3.04. The number of methoxy groups -OCH3 is 1. The molecule has 2 rings (SSSR count). The first-order valence-electron chi connectivity index (χ1n) is 5.90. The molecule has 0 spiro atoms. The highest BCUT2D eigenvalue weighted by Crippen LogP contribution is 2.34. The van der Waals surface area contributed by atoms with Crippen molar-refractivity contribution in [2.24, 2.45) is 5.92 Å². The van der Waals surface area contributed by atoms with Crippen LogP contribution in [-0.2, 0) is 4.74 Å². The smallest absolute Gasteiger partial charge is 0.411 e. The largest absolute Gasteiger partial charge is 0.453 e. The second-order valence-electron chi connectivity index (χ2n) is 4.46. The van der Waals surface area contributed by atoms with E-state index in [-0.39, 0.29) is 0 Å². The van der Waals surface area contributed by atoms with Crippen LogP contribution < -0.4 is 10.6 Å². The highest BCUT2D eigenvalue weighted by Gasteiger charge is 2.27. The maximum absolute atomic E-state index is 11.0. The molecule has 92 valence electrons. The Hall–Kier alpha value is -1.71. The Balaban J connectivity index is 1.90. The molecule has 1 aliphatic carbocycles. The molecular weight excluding hydrogens is 216 g/mol. The number of amides is 1. The first-order chi connectivity index (χ1) is 8.19. The van der Waals surface area contributed by atoms with Crippen LogP contribution in [-0.4, -0.2) is 19.2 Å². The van der Waals surface area contributed by atoms with Crippen molar-refractivity contribution in [3.63, 3.8) is 0 Å². The minimum atomic E-state index is -0.447. The van der Waals surface area contributed by atoms with E-state index in [1.807, 2.05) is 24.3 Å². The maximum atomic E-state index is 11.0. The Morgan fingerprint density at radius 2 is 1.88 bits per heavy atom. The summed E-state index contributed by atoms with van der Waals surface area (Å²) in [7, 11) is 1.35. The first-order valence-corrected chi connectivity index (χ1v) is 5.90. The average Bonchev–Trinajstić information content (AvgIpc) is 3.15. The molecule has 2 N–H and O–H groups in total. The molecule has 1 saturated carbocycles. The molecule has 1 atom stereocenters. The molecule has 0 heterocycles. The van der Waals surface area contributed by atoms with E-state index in [2.05, 4.69) is 22.3 Å². The Morgan fingerprint density at radius 3 is 2.41 bits per heavy atom. The number of anilines is 2. The molecule has 1 fully saturated rings. The van der Waals surface area contributed by atoms with E-state index in [1.165, 1.54) is 20.0 Å². The van der Waals surface area contributed by atoms with Crippen LogP contribution in [0.2, 0.25) is 0 Å². The fourth-order valence-electron chi connectivity index (χ4n) is 1.80. The zero-order valence-electron chi connectivity index (χ0n) is 10.2. The van der Waals surface area contributed by atoms with E-state index in [4.69, 9.17) is 0 Å². The lowest BCUT2D eigenvalue weighted by Gasteiger charge is -2.14. The molecule has 0 bridgehead atoms. The van der Waals surface area contributed by atoms with Crippen molar-refractivity contribution in [1.29, 1.82) is 0 Å². The van der Waals surface area contributed by atoms with Crippen molar-refractivity contribution in [2.75, 3.05) is 17.7 Å². The van der Waals surface area contributed by atoms with Crippen molar-refractivity contribution >= 4 is 17.5 Å². The molecule has 0 saturated heterocycles. The third-order valence-electron chi connectivity index (χ3n) is 3.04. The fourth-order valence-corrected chi connectivity index (χ4v) is 1.80. The predicted molar refractivity (Wildman–Crippen MR) is 68.3 cm³/mol. The van der Waals surface area contributed by atoms with Gasteiger partial charge in [0, 0.05) is 17.4 Å². The van der Waals surface area contributed by atoms with E-state index in [9.17, 15) is 4.79 Å². The van der Waals surface area contributed by atoms with Crippen LogP contribution in [0.1, 0.15) is 19.8 Å². The predicted octanol–water partition coefficient (Wildman–Crippen LogP) is 3.08. The number of carbonyl (C=O) groups excluding carboxylic acids is 1. The zero-order chi connectivity index (χ0) is 12.3. The van der Waals surface area contributed by atoms with Gasteiger partial charge < -0.3 is 10.1 Å². The number of benzene rings is 1. The molecule has 1 aromatic carbocycles. The van der Waals surface area contributed by atoms with Crippen LogP contribution in [0.15, 0.2) is 24.3 Å². The molecule has 0 radical (unpaired) electrons. The lowest BCUT2D eigenvalue weighted by atomic mass is 10.2. The number of hydrogen-bond donors (Lipinski definition) is 2. The van der Waals surface area contributed by atoms with Crippen molar-refractivity contribution in [3.05, 3.63) is 24.3 Å². The molecule has 4 nitrogen and oxygen atoms in total. The molecule has 1 amide bonds. The summed E-state index contributed by atoms with van der Waals surface area (Å²) in [6, 6.07) is 8.17. The van der Waals surface area contributed by atoms with Crippen LogP contribution >= 0.6 is 0 Å². The molecule has 1 aliphatic rings. The van der Waals surface area contributed by atoms with Gasteiger partial charge in [-0.25, -0.2) is 4.79 Å². The van der Waals surface area contributed by atoms with Crippen molar-refractivity contribution in [1.82, 2.24) is 0 Å². The summed E-state index contributed by atoms with van der Waals surface area (Å²) in [6.45, 7) is 2.21. The summed E-state index contributed by atoms with van der Waals surface area (Å²) in [6.07, 6.45) is 2.21. The second-order valence-corrected chi connectivity index (χ2v) is 4.46. The Kier molecular flexibility index (Phi) is 3.52. The highest BCUT2D eigenvalue weighted by molar-refractivity contribution is 5.84. The van der Waals surface area contributed by atoms with Crippen molar-refractivity contribution in [3.8, 4) is 0 Å². The van der Waals surface area contributed by atoms with Gasteiger partial charge in [0.25, 0.3) is 0 Å². The number of hydrogen-bond acceptors (Lipinski definition) is 3. The van der Waals surface area contributed by atoms with Crippen LogP contribution in [0.3, 0.4) is 0 Å². The molecule has 0 aliphatic heterocycles. The SMILES string of the molecule is COC(=O)Nc1ccc(NC(C)C2CC2)cc1. The Labute approximate surface area is 101 Å². The van der Waals surface area contributed by atoms with Gasteiger partial charge in [0.15, 0.2) is 0 Å². The lowest BCUT2D eigenvalue weighted by molar-refractivity contribution is 0.187. The second kappa shape index (κ2) is 5.08.